The van der Waals surface area contributed by atoms with Gasteiger partial charge in [0, 0.05) is 5.69 Å². The molecule has 0 aliphatic heterocycles. The molecule has 0 saturated heterocycles. The lowest BCUT2D eigenvalue weighted by Crippen LogP contribution is -2.15. The second-order valence-electron chi connectivity index (χ2n) is 5.65. The summed E-state index contributed by atoms with van der Waals surface area (Å²) in [4.78, 5) is 0.369. The predicted molar refractivity (Wildman–Crippen MR) is 71.7 cm³/mol. The van der Waals surface area contributed by atoms with Gasteiger partial charge in [-0.15, -0.1) is 0 Å². The monoisotopic (exact) mass is 255 g/mol. The summed E-state index contributed by atoms with van der Waals surface area (Å²) < 4.78 is 24.2. The minimum atomic E-state index is -3.19. The van der Waals surface area contributed by atoms with Gasteiger partial charge in [0.1, 0.15) is 0 Å². The number of hydrogen-bond acceptors (Lipinski definition) is 3. The first kappa shape index (κ1) is 14.0. The van der Waals surface area contributed by atoms with Crippen molar-refractivity contribution in [2.24, 2.45) is 5.41 Å². The average Bonchev–Trinajstić information content (AvgIpc) is 2.18. The molecule has 0 radical (unpaired) electrons. The van der Waals surface area contributed by atoms with Gasteiger partial charge in [-0.05, 0) is 42.5 Å². The average molecular weight is 255 g/mol. The number of aryl methyl sites for hydroxylation is 1. The van der Waals surface area contributed by atoms with E-state index in [0.29, 0.717) is 17.0 Å². The van der Waals surface area contributed by atoms with Crippen LogP contribution >= 0.6 is 0 Å². The Morgan fingerprint density at radius 1 is 1.24 bits per heavy atom. The maximum absolute atomic E-state index is 12.1. The molecule has 0 heterocycles. The molecule has 1 aromatic rings. The first-order valence-corrected chi connectivity index (χ1v) is 7.36. The van der Waals surface area contributed by atoms with Crippen molar-refractivity contribution in [3.8, 4) is 0 Å². The molecule has 17 heavy (non-hydrogen) atoms. The van der Waals surface area contributed by atoms with Crippen LogP contribution in [0.1, 0.15) is 32.8 Å². The molecule has 4 heteroatoms. The number of sulfone groups is 1. The van der Waals surface area contributed by atoms with Gasteiger partial charge in [0.2, 0.25) is 0 Å². The Bertz CT molecular complexity index is 499. The molecule has 0 spiro atoms. The van der Waals surface area contributed by atoms with Crippen molar-refractivity contribution in [2.45, 2.75) is 39.0 Å². The van der Waals surface area contributed by atoms with Crippen molar-refractivity contribution < 1.29 is 8.42 Å². The van der Waals surface area contributed by atoms with Crippen LogP contribution < -0.4 is 5.73 Å². The van der Waals surface area contributed by atoms with Crippen LogP contribution in [-0.2, 0) is 9.84 Å². The number of hydrogen-bond donors (Lipinski definition) is 1. The number of nitrogens with two attached hydrogens (primary N) is 1. The van der Waals surface area contributed by atoms with E-state index in [0.717, 1.165) is 5.56 Å². The van der Waals surface area contributed by atoms with Gasteiger partial charge in [-0.25, -0.2) is 8.42 Å². The van der Waals surface area contributed by atoms with Crippen LogP contribution in [0, 0.1) is 12.3 Å². The fourth-order valence-electron chi connectivity index (χ4n) is 1.40. The summed E-state index contributed by atoms with van der Waals surface area (Å²) >= 11 is 0. The predicted octanol–water partition coefficient (Wildman–Crippen LogP) is 2.79. The van der Waals surface area contributed by atoms with E-state index in [1.807, 2.05) is 27.7 Å². The molecule has 0 amide bonds. The summed E-state index contributed by atoms with van der Waals surface area (Å²) in [6.45, 7) is 7.93. The molecule has 3 nitrogen and oxygen atoms in total. The molecule has 0 bridgehead atoms. The highest BCUT2D eigenvalue weighted by Crippen LogP contribution is 2.23. The Hall–Kier alpha value is -1.03. The van der Waals surface area contributed by atoms with Crippen LogP contribution in [0.15, 0.2) is 23.1 Å². The Balaban J connectivity index is 2.94. The molecular formula is C13H21NO2S. The fourth-order valence-corrected chi connectivity index (χ4v) is 3.15. The van der Waals surface area contributed by atoms with Gasteiger partial charge in [0.05, 0.1) is 10.6 Å². The molecule has 0 aliphatic rings. The van der Waals surface area contributed by atoms with Gasteiger partial charge >= 0.3 is 0 Å². The number of rotatable bonds is 3. The maximum Gasteiger partial charge on any atom is 0.178 e. The summed E-state index contributed by atoms with van der Waals surface area (Å²) in [6.07, 6.45) is 0.652. The van der Waals surface area contributed by atoms with Crippen LogP contribution in [0.25, 0.3) is 0 Å². The third-order valence-corrected chi connectivity index (χ3v) is 4.43. The molecule has 96 valence electrons. The highest BCUT2D eigenvalue weighted by atomic mass is 32.2. The highest BCUT2D eigenvalue weighted by Gasteiger charge is 2.19. The van der Waals surface area contributed by atoms with Gasteiger partial charge in [-0.3, -0.25) is 0 Å². The summed E-state index contributed by atoms with van der Waals surface area (Å²) in [5.41, 5.74) is 7.14. The molecule has 1 aromatic carbocycles. The van der Waals surface area contributed by atoms with E-state index in [1.54, 1.807) is 18.2 Å². The minimum Gasteiger partial charge on any atom is -0.399 e. The summed E-state index contributed by atoms with van der Waals surface area (Å²) in [5.74, 6) is 0.180. The van der Waals surface area contributed by atoms with E-state index in [2.05, 4.69) is 0 Å². The second kappa shape index (κ2) is 4.69. The van der Waals surface area contributed by atoms with E-state index in [4.69, 9.17) is 5.73 Å². The van der Waals surface area contributed by atoms with Crippen molar-refractivity contribution in [3.05, 3.63) is 23.8 Å². The zero-order valence-electron chi connectivity index (χ0n) is 10.9. The van der Waals surface area contributed by atoms with Gasteiger partial charge < -0.3 is 5.73 Å². The lowest BCUT2D eigenvalue weighted by Gasteiger charge is -2.17. The fraction of sp³-hybridized carbons (Fsp3) is 0.538. The van der Waals surface area contributed by atoms with Crippen LogP contribution in [-0.4, -0.2) is 14.2 Å². The lowest BCUT2D eigenvalue weighted by atomic mass is 9.94. The smallest absolute Gasteiger partial charge is 0.178 e. The highest BCUT2D eigenvalue weighted by molar-refractivity contribution is 7.91. The number of anilines is 1. The standard InChI is InChI=1S/C13H21NO2S/c1-10-9-11(5-6-12(10)14)17(15,16)8-7-13(2,3)4/h5-6,9H,7-8,14H2,1-4H3. The molecule has 0 fully saturated rings. The van der Waals surface area contributed by atoms with Gasteiger partial charge in [-0.1, -0.05) is 20.8 Å². The summed E-state index contributed by atoms with van der Waals surface area (Å²) in [5, 5.41) is 0. The van der Waals surface area contributed by atoms with Crippen molar-refractivity contribution in [2.75, 3.05) is 11.5 Å². The molecule has 0 aliphatic carbocycles. The van der Waals surface area contributed by atoms with E-state index >= 15 is 0 Å². The van der Waals surface area contributed by atoms with Gasteiger partial charge in [0.15, 0.2) is 9.84 Å². The largest absolute Gasteiger partial charge is 0.399 e. The van der Waals surface area contributed by atoms with Crippen LogP contribution in [0.2, 0.25) is 0 Å². The summed E-state index contributed by atoms with van der Waals surface area (Å²) in [7, 11) is -3.19. The molecule has 0 atom stereocenters. The minimum absolute atomic E-state index is 0.0237. The molecule has 0 saturated carbocycles. The molecule has 0 unspecified atom stereocenters. The van der Waals surface area contributed by atoms with Crippen LogP contribution in [0.3, 0.4) is 0 Å². The first-order valence-electron chi connectivity index (χ1n) is 5.71. The second-order valence-corrected chi connectivity index (χ2v) is 7.76. The molecule has 1 rings (SSSR count). The Labute approximate surface area is 104 Å². The molecule has 2 N–H and O–H groups in total. The Kier molecular flexibility index (Phi) is 3.87. The van der Waals surface area contributed by atoms with Crippen molar-refractivity contribution in [1.29, 1.82) is 0 Å². The Morgan fingerprint density at radius 3 is 2.29 bits per heavy atom. The van der Waals surface area contributed by atoms with Crippen LogP contribution in [0.4, 0.5) is 5.69 Å². The quantitative estimate of drug-likeness (QED) is 0.845. The first-order chi connectivity index (χ1) is 7.62. The van der Waals surface area contributed by atoms with E-state index in [1.165, 1.54) is 0 Å². The zero-order chi connectivity index (χ0) is 13.3. The van der Waals surface area contributed by atoms with Crippen LogP contribution in [0.5, 0.6) is 0 Å². The van der Waals surface area contributed by atoms with Crippen molar-refractivity contribution in [3.63, 3.8) is 0 Å². The molecule has 0 aromatic heterocycles. The maximum atomic E-state index is 12.1. The van der Waals surface area contributed by atoms with E-state index in [-0.39, 0.29) is 11.2 Å². The zero-order valence-corrected chi connectivity index (χ0v) is 11.8. The normalized spacial score (nSPS) is 12.7. The topological polar surface area (TPSA) is 60.2 Å². The van der Waals surface area contributed by atoms with Gasteiger partial charge in [-0.2, -0.15) is 0 Å². The SMILES string of the molecule is Cc1cc(S(=O)(=O)CCC(C)(C)C)ccc1N. The van der Waals surface area contributed by atoms with E-state index < -0.39 is 9.84 Å². The van der Waals surface area contributed by atoms with Crippen molar-refractivity contribution >= 4 is 15.5 Å². The van der Waals surface area contributed by atoms with Crippen molar-refractivity contribution in [1.82, 2.24) is 0 Å². The summed E-state index contributed by atoms with van der Waals surface area (Å²) in [6, 6.07) is 4.88. The molecular weight excluding hydrogens is 234 g/mol. The third kappa shape index (κ3) is 4.04. The Morgan fingerprint density at radius 2 is 1.82 bits per heavy atom. The van der Waals surface area contributed by atoms with E-state index in [9.17, 15) is 8.42 Å². The number of benzene rings is 1. The third-order valence-electron chi connectivity index (χ3n) is 2.72. The lowest BCUT2D eigenvalue weighted by molar-refractivity contribution is 0.397. The van der Waals surface area contributed by atoms with Gasteiger partial charge in [0.25, 0.3) is 0 Å². The number of nitrogen functional groups attached to an aromatic ring is 1.